The highest BCUT2D eigenvalue weighted by Crippen LogP contribution is 2.02. The number of nitrogens with one attached hydrogen (secondary N) is 2. The highest BCUT2D eigenvalue weighted by molar-refractivity contribution is 6.39. The molecule has 0 saturated carbocycles. The molecule has 0 aliphatic rings. The first kappa shape index (κ1) is 13.1. The zero-order valence-electron chi connectivity index (χ0n) is 9.51. The van der Waals surface area contributed by atoms with Gasteiger partial charge in [0.05, 0.1) is 24.5 Å². The molecule has 17 heavy (non-hydrogen) atoms. The molecule has 0 aromatic carbocycles. The lowest BCUT2D eigenvalue weighted by Crippen LogP contribution is -2.43. The van der Waals surface area contributed by atoms with E-state index in [2.05, 4.69) is 15.6 Å². The quantitative estimate of drug-likeness (QED) is 0.638. The second kappa shape index (κ2) is 6.59. The van der Waals surface area contributed by atoms with Gasteiger partial charge in [-0.1, -0.05) is 6.92 Å². The lowest BCUT2D eigenvalue weighted by molar-refractivity contribution is -0.136. The molecule has 2 amide bonds. The van der Waals surface area contributed by atoms with E-state index in [4.69, 9.17) is 5.11 Å². The minimum Gasteiger partial charge on any atom is -0.394 e. The molecule has 0 bridgehead atoms. The molecular weight excluding hydrogens is 222 g/mol. The van der Waals surface area contributed by atoms with Gasteiger partial charge in [0.25, 0.3) is 0 Å². The number of hydrogen-bond donors (Lipinski definition) is 3. The van der Waals surface area contributed by atoms with Crippen LogP contribution in [0.3, 0.4) is 0 Å². The van der Waals surface area contributed by atoms with Crippen LogP contribution in [-0.4, -0.2) is 34.6 Å². The van der Waals surface area contributed by atoms with Gasteiger partial charge < -0.3 is 15.7 Å². The molecule has 0 radical (unpaired) electrons. The van der Waals surface area contributed by atoms with E-state index in [0.29, 0.717) is 12.1 Å². The summed E-state index contributed by atoms with van der Waals surface area (Å²) in [6.07, 6.45) is 3.56. The van der Waals surface area contributed by atoms with E-state index in [9.17, 15) is 9.59 Å². The third-order valence-corrected chi connectivity index (χ3v) is 2.17. The summed E-state index contributed by atoms with van der Waals surface area (Å²) in [7, 11) is 0. The van der Waals surface area contributed by atoms with Crippen LogP contribution in [-0.2, 0) is 9.59 Å². The molecule has 1 atom stereocenters. The summed E-state index contributed by atoms with van der Waals surface area (Å²) in [6.45, 7) is 1.61. The van der Waals surface area contributed by atoms with Crippen molar-refractivity contribution in [1.29, 1.82) is 0 Å². The Kier molecular flexibility index (Phi) is 5.09. The Morgan fingerprint density at radius 2 is 2.24 bits per heavy atom. The molecule has 3 N–H and O–H groups in total. The van der Waals surface area contributed by atoms with Crippen molar-refractivity contribution < 1.29 is 14.7 Å². The highest BCUT2D eigenvalue weighted by atomic mass is 16.3. The fraction of sp³-hybridized carbons (Fsp3) is 0.364. The summed E-state index contributed by atoms with van der Waals surface area (Å²) >= 11 is 0. The van der Waals surface area contributed by atoms with Gasteiger partial charge >= 0.3 is 11.8 Å². The number of rotatable bonds is 4. The van der Waals surface area contributed by atoms with Crippen molar-refractivity contribution in [2.75, 3.05) is 11.9 Å². The fourth-order valence-electron chi connectivity index (χ4n) is 1.15. The molecule has 0 saturated heterocycles. The lowest BCUT2D eigenvalue weighted by atomic mass is 10.2. The van der Waals surface area contributed by atoms with E-state index in [1.807, 2.05) is 0 Å². The molecule has 1 rings (SSSR count). The second-order valence-electron chi connectivity index (χ2n) is 3.46. The van der Waals surface area contributed by atoms with Crippen molar-refractivity contribution >= 4 is 17.5 Å². The number of aliphatic hydroxyl groups is 1. The topological polar surface area (TPSA) is 91.3 Å². The van der Waals surface area contributed by atoms with Crippen LogP contribution in [0.15, 0.2) is 24.5 Å². The molecule has 1 unspecified atom stereocenters. The minimum absolute atomic E-state index is 0.192. The van der Waals surface area contributed by atoms with Crippen LogP contribution in [0.5, 0.6) is 0 Å². The molecule has 0 aliphatic heterocycles. The number of pyridine rings is 1. The van der Waals surface area contributed by atoms with Gasteiger partial charge in [-0.05, 0) is 18.6 Å². The van der Waals surface area contributed by atoms with Gasteiger partial charge in [0, 0.05) is 6.20 Å². The minimum atomic E-state index is -0.773. The van der Waals surface area contributed by atoms with Gasteiger partial charge in [0.15, 0.2) is 0 Å². The first-order valence-corrected chi connectivity index (χ1v) is 5.30. The molecule has 1 aromatic rings. The summed E-state index contributed by atoms with van der Waals surface area (Å²) in [5.74, 6) is -1.54. The standard InChI is InChI=1S/C11H15N3O3/c1-2-8(7-15)13-10(16)11(17)14-9-4-3-5-12-6-9/h3-6,8,15H,2,7H2,1H3,(H,13,16)(H,14,17). The summed E-state index contributed by atoms with van der Waals surface area (Å²) in [5, 5.41) is 13.7. The van der Waals surface area contributed by atoms with E-state index in [1.165, 1.54) is 6.20 Å². The smallest absolute Gasteiger partial charge is 0.313 e. The Hall–Kier alpha value is -1.95. The molecule has 0 aliphatic carbocycles. The number of aliphatic hydroxyl groups excluding tert-OH is 1. The molecule has 0 fully saturated rings. The molecule has 92 valence electrons. The van der Waals surface area contributed by atoms with Crippen LogP contribution >= 0.6 is 0 Å². The largest absolute Gasteiger partial charge is 0.394 e. The van der Waals surface area contributed by atoms with Crippen molar-refractivity contribution in [2.24, 2.45) is 0 Å². The molecule has 6 heteroatoms. The Morgan fingerprint density at radius 1 is 1.47 bits per heavy atom. The molecule has 1 aromatic heterocycles. The van der Waals surface area contributed by atoms with Crippen molar-refractivity contribution in [3.8, 4) is 0 Å². The van der Waals surface area contributed by atoms with E-state index in [1.54, 1.807) is 25.3 Å². The number of amides is 2. The van der Waals surface area contributed by atoms with Crippen LogP contribution in [0.2, 0.25) is 0 Å². The van der Waals surface area contributed by atoms with Gasteiger partial charge in [-0.15, -0.1) is 0 Å². The Balaban J connectivity index is 2.50. The second-order valence-corrected chi connectivity index (χ2v) is 3.46. The zero-order chi connectivity index (χ0) is 12.7. The van der Waals surface area contributed by atoms with Gasteiger partial charge in [-0.2, -0.15) is 0 Å². The van der Waals surface area contributed by atoms with Gasteiger partial charge in [-0.25, -0.2) is 0 Å². The summed E-state index contributed by atoms with van der Waals surface area (Å²) in [6, 6.07) is 2.87. The van der Waals surface area contributed by atoms with Crippen LogP contribution in [0.4, 0.5) is 5.69 Å². The van der Waals surface area contributed by atoms with Gasteiger partial charge in [0.2, 0.25) is 0 Å². The number of carbonyl (C=O) groups is 2. The molecule has 6 nitrogen and oxygen atoms in total. The maximum Gasteiger partial charge on any atom is 0.313 e. The zero-order valence-corrected chi connectivity index (χ0v) is 9.51. The maximum atomic E-state index is 11.4. The van der Waals surface area contributed by atoms with E-state index < -0.39 is 17.9 Å². The number of aromatic nitrogens is 1. The van der Waals surface area contributed by atoms with E-state index >= 15 is 0 Å². The Morgan fingerprint density at radius 3 is 2.76 bits per heavy atom. The molecule has 1 heterocycles. The lowest BCUT2D eigenvalue weighted by Gasteiger charge is -2.13. The third-order valence-electron chi connectivity index (χ3n) is 2.17. The number of nitrogens with zero attached hydrogens (tertiary/aromatic N) is 1. The van der Waals surface area contributed by atoms with E-state index in [0.717, 1.165) is 0 Å². The van der Waals surface area contributed by atoms with Crippen molar-refractivity contribution in [1.82, 2.24) is 10.3 Å². The van der Waals surface area contributed by atoms with Crippen molar-refractivity contribution in [3.63, 3.8) is 0 Å². The predicted octanol–water partition coefficient (Wildman–Crippen LogP) is -0.0928. The molecular formula is C11H15N3O3. The predicted molar refractivity (Wildman–Crippen MR) is 62.2 cm³/mol. The molecule has 0 spiro atoms. The first-order valence-electron chi connectivity index (χ1n) is 5.30. The Labute approximate surface area is 99.1 Å². The van der Waals surface area contributed by atoms with Crippen molar-refractivity contribution in [3.05, 3.63) is 24.5 Å². The SMILES string of the molecule is CCC(CO)NC(=O)C(=O)Nc1cccnc1. The average Bonchev–Trinajstić information content (AvgIpc) is 2.36. The van der Waals surface area contributed by atoms with Crippen LogP contribution < -0.4 is 10.6 Å². The van der Waals surface area contributed by atoms with Gasteiger partial charge in [-0.3, -0.25) is 14.6 Å². The van der Waals surface area contributed by atoms with Crippen LogP contribution in [0.25, 0.3) is 0 Å². The van der Waals surface area contributed by atoms with Gasteiger partial charge in [0.1, 0.15) is 0 Å². The third kappa shape index (κ3) is 4.20. The summed E-state index contributed by atoms with van der Waals surface area (Å²) < 4.78 is 0. The number of carbonyl (C=O) groups excluding carboxylic acids is 2. The van der Waals surface area contributed by atoms with Crippen molar-refractivity contribution in [2.45, 2.75) is 19.4 Å². The first-order chi connectivity index (χ1) is 8.17. The maximum absolute atomic E-state index is 11.4. The fourth-order valence-corrected chi connectivity index (χ4v) is 1.15. The van der Waals surface area contributed by atoms with Crippen LogP contribution in [0, 0.1) is 0 Å². The summed E-state index contributed by atoms with van der Waals surface area (Å²) in [5.41, 5.74) is 0.449. The monoisotopic (exact) mass is 237 g/mol. The average molecular weight is 237 g/mol. The normalized spacial score (nSPS) is 11.6. The summed E-state index contributed by atoms with van der Waals surface area (Å²) in [4.78, 5) is 26.7. The van der Waals surface area contributed by atoms with Crippen LogP contribution in [0.1, 0.15) is 13.3 Å². The van der Waals surface area contributed by atoms with E-state index in [-0.39, 0.29) is 6.61 Å². The number of anilines is 1. The number of hydrogen-bond acceptors (Lipinski definition) is 4. The highest BCUT2D eigenvalue weighted by Gasteiger charge is 2.17. The Bertz CT molecular complexity index is 377.